The first kappa shape index (κ1) is 15.3. The summed E-state index contributed by atoms with van der Waals surface area (Å²) in [6.45, 7) is 2.28. The summed E-state index contributed by atoms with van der Waals surface area (Å²) in [5.74, 6) is -1.25. The number of nitrogens with zero attached hydrogens (tertiary/aromatic N) is 3. The van der Waals surface area contributed by atoms with Crippen LogP contribution in [0.1, 0.15) is 35.3 Å². The Morgan fingerprint density at radius 2 is 1.96 bits per heavy atom. The molecular weight excluding hydrogens is 294 g/mol. The number of amides is 1. The van der Waals surface area contributed by atoms with Crippen LogP contribution in [0.15, 0.2) is 36.5 Å². The lowest BCUT2D eigenvalue weighted by Crippen LogP contribution is -2.48. The van der Waals surface area contributed by atoms with Gasteiger partial charge in [0.2, 0.25) is 0 Å². The summed E-state index contributed by atoms with van der Waals surface area (Å²) in [7, 11) is 0. The van der Waals surface area contributed by atoms with Crippen LogP contribution < -0.4 is 0 Å². The van der Waals surface area contributed by atoms with Crippen molar-refractivity contribution in [2.45, 2.75) is 32.2 Å². The van der Waals surface area contributed by atoms with Gasteiger partial charge >= 0.3 is 5.97 Å². The monoisotopic (exact) mass is 313 g/mol. The quantitative estimate of drug-likeness (QED) is 0.943. The van der Waals surface area contributed by atoms with E-state index in [1.165, 1.54) is 4.90 Å². The van der Waals surface area contributed by atoms with Crippen LogP contribution in [0.2, 0.25) is 0 Å². The van der Waals surface area contributed by atoms with Gasteiger partial charge < -0.3 is 10.0 Å². The van der Waals surface area contributed by atoms with Crippen LogP contribution in [0.4, 0.5) is 0 Å². The fourth-order valence-corrected chi connectivity index (χ4v) is 2.95. The Morgan fingerprint density at radius 3 is 2.65 bits per heavy atom. The molecule has 0 saturated carbocycles. The molecule has 1 aromatic heterocycles. The van der Waals surface area contributed by atoms with E-state index < -0.39 is 12.0 Å². The first-order valence-electron chi connectivity index (χ1n) is 7.73. The van der Waals surface area contributed by atoms with Crippen LogP contribution in [0, 0.1) is 6.92 Å². The van der Waals surface area contributed by atoms with E-state index in [0.717, 1.165) is 24.1 Å². The number of likely N-dealkylation sites (tertiary alicyclic amines) is 1. The molecular formula is C17H19N3O3. The number of para-hydroxylation sites is 1. The van der Waals surface area contributed by atoms with Crippen molar-refractivity contribution in [3.63, 3.8) is 0 Å². The van der Waals surface area contributed by atoms with Gasteiger partial charge in [0.15, 0.2) is 5.69 Å². The molecule has 2 aromatic rings. The molecule has 3 rings (SSSR count). The van der Waals surface area contributed by atoms with Crippen molar-refractivity contribution in [3.8, 4) is 5.69 Å². The number of hydrogen-bond donors (Lipinski definition) is 1. The van der Waals surface area contributed by atoms with Crippen molar-refractivity contribution < 1.29 is 14.7 Å². The summed E-state index contributed by atoms with van der Waals surface area (Å²) in [5, 5.41) is 13.7. The average Bonchev–Trinajstić information content (AvgIpc) is 2.97. The second-order valence-corrected chi connectivity index (χ2v) is 5.79. The largest absolute Gasteiger partial charge is 0.480 e. The third-order valence-corrected chi connectivity index (χ3v) is 4.17. The Morgan fingerprint density at radius 1 is 1.22 bits per heavy atom. The number of carbonyl (C=O) groups is 2. The second kappa shape index (κ2) is 6.24. The molecule has 0 spiro atoms. The summed E-state index contributed by atoms with van der Waals surface area (Å²) < 4.78 is 1.66. The standard InChI is InChI=1S/C17H19N3O3/c1-12-11-20(13-7-3-2-4-8-13)18-15(12)16(21)19-10-6-5-9-14(19)17(22)23/h2-4,7-8,11,14H,5-6,9-10H2,1H3,(H,22,23). The molecule has 0 bridgehead atoms. The number of aliphatic carboxylic acids is 1. The van der Waals surface area contributed by atoms with Crippen LogP contribution in [-0.4, -0.2) is 44.3 Å². The van der Waals surface area contributed by atoms with Crippen molar-refractivity contribution in [2.75, 3.05) is 6.54 Å². The van der Waals surface area contributed by atoms with Crippen LogP contribution in [0.5, 0.6) is 0 Å². The molecule has 1 atom stereocenters. The third kappa shape index (κ3) is 2.97. The van der Waals surface area contributed by atoms with Gasteiger partial charge in [-0.2, -0.15) is 5.10 Å². The molecule has 0 radical (unpaired) electrons. The number of carboxylic acid groups (broad SMARTS) is 1. The maximum atomic E-state index is 12.8. The van der Waals surface area contributed by atoms with E-state index in [2.05, 4.69) is 5.10 Å². The Hall–Kier alpha value is -2.63. The molecule has 23 heavy (non-hydrogen) atoms. The minimum Gasteiger partial charge on any atom is -0.480 e. The van der Waals surface area contributed by atoms with Crippen LogP contribution in [0.25, 0.3) is 5.69 Å². The summed E-state index contributed by atoms with van der Waals surface area (Å²) in [5.41, 5.74) is 1.93. The highest BCUT2D eigenvalue weighted by Gasteiger charge is 2.34. The Kier molecular flexibility index (Phi) is 4.14. The molecule has 1 saturated heterocycles. The molecule has 1 unspecified atom stereocenters. The lowest BCUT2D eigenvalue weighted by atomic mass is 10.0. The van der Waals surface area contributed by atoms with Crippen LogP contribution in [0.3, 0.4) is 0 Å². The molecule has 2 heterocycles. The fourth-order valence-electron chi connectivity index (χ4n) is 2.95. The Balaban J connectivity index is 1.90. The van der Waals surface area contributed by atoms with Gasteiger partial charge in [0.1, 0.15) is 6.04 Å². The minimum atomic E-state index is -0.946. The zero-order valence-electron chi connectivity index (χ0n) is 13.0. The zero-order valence-corrected chi connectivity index (χ0v) is 13.0. The van der Waals surface area contributed by atoms with Crippen molar-refractivity contribution in [1.82, 2.24) is 14.7 Å². The summed E-state index contributed by atoms with van der Waals surface area (Å²) in [6, 6.07) is 8.77. The highest BCUT2D eigenvalue weighted by Crippen LogP contribution is 2.21. The number of aromatic nitrogens is 2. The van der Waals surface area contributed by atoms with E-state index in [1.54, 1.807) is 10.9 Å². The van der Waals surface area contributed by atoms with Crippen molar-refractivity contribution in [2.24, 2.45) is 0 Å². The van der Waals surface area contributed by atoms with E-state index >= 15 is 0 Å². The summed E-state index contributed by atoms with van der Waals surface area (Å²) in [6.07, 6.45) is 3.95. The van der Waals surface area contributed by atoms with Gasteiger partial charge in [0, 0.05) is 18.3 Å². The third-order valence-electron chi connectivity index (χ3n) is 4.17. The molecule has 0 aliphatic carbocycles. The zero-order chi connectivity index (χ0) is 16.4. The van der Waals surface area contributed by atoms with E-state index in [0.29, 0.717) is 18.7 Å². The predicted molar refractivity (Wildman–Crippen MR) is 84.6 cm³/mol. The molecule has 6 heteroatoms. The number of piperidine rings is 1. The molecule has 1 fully saturated rings. The predicted octanol–water partition coefficient (Wildman–Crippen LogP) is 2.26. The van der Waals surface area contributed by atoms with Gasteiger partial charge in [-0.3, -0.25) is 4.79 Å². The molecule has 1 amide bonds. The van der Waals surface area contributed by atoms with E-state index in [9.17, 15) is 14.7 Å². The van der Waals surface area contributed by atoms with Crippen LogP contribution >= 0.6 is 0 Å². The first-order chi connectivity index (χ1) is 11.1. The van der Waals surface area contributed by atoms with Crippen LogP contribution in [-0.2, 0) is 4.79 Å². The number of carboxylic acids is 1. The average molecular weight is 313 g/mol. The normalized spacial score (nSPS) is 18.0. The van der Waals surface area contributed by atoms with Gasteiger partial charge in [-0.15, -0.1) is 0 Å². The maximum absolute atomic E-state index is 12.8. The second-order valence-electron chi connectivity index (χ2n) is 5.79. The number of hydrogen-bond acceptors (Lipinski definition) is 3. The number of benzene rings is 1. The molecule has 120 valence electrons. The number of carbonyl (C=O) groups excluding carboxylic acids is 1. The molecule has 1 aliphatic rings. The number of aryl methyl sites for hydroxylation is 1. The highest BCUT2D eigenvalue weighted by molar-refractivity contribution is 5.96. The van der Waals surface area contributed by atoms with Gasteiger partial charge in [-0.25, -0.2) is 9.48 Å². The van der Waals surface area contributed by atoms with Gasteiger partial charge in [-0.05, 0) is 38.3 Å². The molecule has 1 aromatic carbocycles. The molecule has 1 aliphatic heterocycles. The van der Waals surface area contributed by atoms with Crippen molar-refractivity contribution >= 4 is 11.9 Å². The summed E-state index contributed by atoms with van der Waals surface area (Å²) >= 11 is 0. The van der Waals surface area contributed by atoms with Gasteiger partial charge in [0.25, 0.3) is 5.91 Å². The Labute approximate surface area is 134 Å². The van der Waals surface area contributed by atoms with E-state index in [-0.39, 0.29) is 5.91 Å². The lowest BCUT2D eigenvalue weighted by molar-refractivity contribution is -0.143. The number of rotatable bonds is 3. The minimum absolute atomic E-state index is 0.302. The topological polar surface area (TPSA) is 75.4 Å². The molecule has 6 nitrogen and oxygen atoms in total. The first-order valence-corrected chi connectivity index (χ1v) is 7.73. The van der Waals surface area contributed by atoms with Gasteiger partial charge in [0.05, 0.1) is 5.69 Å². The summed E-state index contributed by atoms with van der Waals surface area (Å²) in [4.78, 5) is 25.6. The maximum Gasteiger partial charge on any atom is 0.326 e. The van der Waals surface area contributed by atoms with E-state index in [4.69, 9.17) is 0 Å². The van der Waals surface area contributed by atoms with Gasteiger partial charge in [-0.1, -0.05) is 18.2 Å². The SMILES string of the molecule is Cc1cn(-c2ccccc2)nc1C(=O)N1CCCCC1C(=O)O. The van der Waals surface area contributed by atoms with Crippen molar-refractivity contribution in [3.05, 3.63) is 47.8 Å². The van der Waals surface area contributed by atoms with E-state index in [1.807, 2.05) is 37.3 Å². The smallest absolute Gasteiger partial charge is 0.326 e. The van der Waals surface area contributed by atoms with Crippen molar-refractivity contribution in [1.29, 1.82) is 0 Å². The fraction of sp³-hybridized carbons (Fsp3) is 0.353. The highest BCUT2D eigenvalue weighted by atomic mass is 16.4. The Bertz CT molecular complexity index is 724. The molecule has 1 N–H and O–H groups in total. The lowest BCUT2D eigenvalue weighted by Gasteiger charge is -2.32.